The summed E-state index contributed by atoms with van der Waals surface area (Å²) >= 11 is 0. The molecule has 0 atom stereocenters. The molecule has 2 aromatic carbocycles. The number of amides is 2. The fourth-order valence-corrected chi connectivity index (χ4v) is 4.78. The molecule has 0 aromatic heterocycles. The topological polar surface area (TPSA) is 95.6 Å². The van der Waals surface area contributed by atoms with Gasteiger partial charge in [-0.2, -0.15) is 0 Å². The molecule has 0 radical (unpaired) electrons. The second-order valence-electron chi connectivity index (χ2n) is 6.84. The highest BCUT2D eigenvalue weighted by Crippen LogP contribution is 2.32. The molecule has 2 aromatic rings. The maximum atomic E-state index is 13.1. The third-order valence-corrected chi connectivity index (χ3v) is 6.55. The van der Waals surface area contributed by atoms with Crippen LogP contribution >= 0.6 is 0 Å². The number of sulfonamides is 1. The van der Waals surface area contributed by atoms with Gasteiger partial charge in [-0.15, -0.1) is 0 Å². The van der Waals surface area contributed by atoms with Crippen molar-refractivity contribution in [2.45, 2.75) is 31.1 Å². The molecule has 0 saturated carbocycles. The summed E-state index contributed by atoms with van der Waals surface area (Å²) in [5.74, 6) is -0.539. The van der Waals surface area contributed by atoms with Crippen LogP contribution in [0.2, 0.25) is 0 Å². The van der Waals surface area contributed by atoms with Crippen LogP contribution in [-0.2, 0) is 21.2 Å². The Kier molecular flexibility index (Phi) is 6.53. The van der Waals surface area contributed by atoms with Crippen LogP contribution < -0.4 is 14.9 Å². The third kappa shape index (κ3) is 4.76. The number of nitrogens with one attached hydrogen (secondary N) is 2. The molecule has 2 amide bonds. The van der Waals surface area contributed by atoms with Crippen molar-refractivity contribution in [3.8, 4) is 0 Å². The number of carbonyl (C=O) groups is 2. The van der Waals surface area contributed by atoms with Crippen LogP contribution in [0.15, 0.2) is 53.4 Å². The van der Waals surface area contributed by atoms with E-state index in [0.717, 1.165) is 12.0 Å². The van der Waals surface area contributed by atoms with Crippen molar-refractivity contribution in [1.82, 2.24) is 10.6 Å². The number of fused-ring (bicyclic) bond motifs is 1. The monoisotopic (exact) mass is 415 g/mol. The highest BCUT2D eigenvalue weighted by molar-refractivity contribution is 7.92. The Hall–Kier alpha value is -2.87. The predicted molar refractivity (Wildman–Crippen MR) is 111 cm³/mol. The first-order valence-electron chi connectivity index (χ1n) is 9.69. The zero-order valence-electron chi connectivity index (χ0n) is 16.3. The lowest BCUT2D eigenvalue weighted by atomic mass is 10.2. The Morgan fingerprint density at radius 3 is 2.62 bits per heavy atom. The summed E-state index contributed by atoms with van der Waals surface area (Å²) in [5, 5.41) is 5.40. The van der Waals surface area contributed by atoms with Crippen LogP contribution in [-0.4, -0.2) is 39.9 Å². The van der Waals surface area contributed by atoms with E-state index < -0.39 is 15.9 Å². The van der Waals surface area contributed by atoms with Gasteiger partial charge in [0.25, 0.3) is 15.9 Å². The Morgan fingerprint density at radius 2 is 1.83 bits per heavy atom. The number of carbonyl (C=O) groups excluding carboxylic acids is 2. The molecule has 0 aliphatic carbocycles. The molecule has 7 nitrogen and oxygen atoms in total. The van der Waals surface area contributed by atoms with Gasteiger partial charge in [0, 0.05) is 31.6 Å². The smallest absolute Gasteiger partial charge is 0.264 e. The van der Waals surface area contributed by atoms with E-state index in [1.807, 2.05) is 25.1 Å². The maximum absolute atomic E-state index is 13.1. The zero-order valence-corrected chi connectivity index (χ0v) is 17.2. The van der Waals surface area contributed by atoms with Gasteiger partial charge in [-0.3, -0.25) is 13.9 Å². The SMILES string of the molecule is CCCNC(=O)CCNC(=O)c1cccc(S(=O)(=O)N2CCc3ccccc32)c1. The number of para-hydroxylation sites is 1. The molecule has 0 bridgehead atoms. The second-order valence-corrected chi connectivity index (χ2v) is 8.70. The summed E-state index contributed by atoms with van der Waals surface area (Å²) in [4.78, 5) is 24.1. The molecule has 0 spiro atoms. The largest absolute Gasteiger partial charge is 0.356 e. The van der Waals surface area contributed by atoms with Gasteiger partial charge in [-0.1, -0.05) is 31.2 Å². The Labute approximate surface area is 171 Å². The molecule has 8 heteroatoms. The average Bonchev–Trinajstić information content (AvgIpc) is 3.17. The molecule has 154 valence electrons. The molecule has 2 N–H and O–H groups in total. The molecular weight excluding hydrogens is 390 g/mol. The number of benzene rings is 2. The van der Waals surface area contributed by atoms with Gasteiger partial charge in [0.05, 0.1) is 10.6 Å². The van der Waals surface area contributed by atoms with Crippen molar-refractivity contribution in [2.24, 2.45) is 0 Å². The fourth-order valence-electron chi connectivity index (χ4n) is 3.23. The van der Waals surface area contributed by atoms with Crippen molar-refractivity contribution in [1.29, 1.82) is 0 Å². The third-order valence-electron chi connectivity index (χ3n) is 4.74. The van der Waals surface area contributed by atoms with E-state index in [2.05, 4.69) is 10.6 Å². The van der Waals surface area contributed by atoms with Crippen molar-refractivity contribution in [3.63, 3.8) is 0 Å². The quantitative estimate of drug-likeness (QED) is 0.690. The second kappa shape index (κ2) is 9.09. The molecule has 0 unspecified atom stereocenters. The van der Waals surface area contributed by atoms with E-state index in [4.69, 9.17) is 0 Å². The van der Waals surface area contributed by atoms with Crippen LogP contribution in [0.5, 0.6) is 0 Å². The van der Waals surface area contributed by atoms with E-state index in [-0.39, 0.29) is 29.3 Å². The van der Waals surface area contributed by atoms with Crippen LogP contribution in [0.3, 0.4) is 0 Å². The number of hydrogen-bond donors (Lipinski definition) is 2. The molecule has 3 rings (SSSR count). The summed E-state index contributed by atoms with van der Waals surface area (Å²) in [7, 11) is -3.76. The molecule has 29 heavy (non-hydrogen) atoms. The first kappa shape index (κ1) is 20.9. The zero-order chi connectivity index (χ0) is 20.9. The molecule has 0 fully saturated rings. The number of hydrogen-bond acceptors (Lipinski definition) is 4. The highest BCUT2D eigenvalue weighted by Gasteiger charge is 2.30. The number of nitrogens with zero attached hydrogens (tertiary/aromatic N) is 1. The van der Waals surface area contributed by atoms with Crippen LogP contribution in [0, 0.1) is 0 Å². The van der Waals surface area contributed by atoms with Crippen molar-refractivity contribution in [3.05, 3.63) is 59.7 Å². The van der Waals surface area contributed by atoms with Gasteiger partial charge in [0.1, 0.15) is 0 Å². The lowest BCUT2D eigenvalue weighted by molar-refractivity contribution is -0.120. The van der Waals surface area contributed by atoms with Crippen molar-refractivity contribution >= 4 is 27.5 Å². The van der Waals surface area contributed by atoms with Crippen LogP contribution in [0.1, 0.15) is 35.7 Å². The molecule has 1 aliphatic heterocycles. The van der Waals surface area contributed by atoms with Crippen LogP contribution in [0.4, 0.5) is 5.69 Å². The predicted octanol–water partition coefficient (Wildman–Crippen LogP) is 2.08. The average molecular weight is 416 g/mol. The first-order valence-corrected chi connectivity index (χ1v) is 11.1. The summed E-state index contributed by atoms with van der Waals surface area (Å²) in [6, 6.07) is 13.4. The van der Waals surface area contributed by atoms with Gasteiger partial charge >= 0.3 is 0 Å². The lowest BCUT2D eigenvalue weighted by Gasteiger charge is -2.20. The van der Waals surface area contributed by atoms with Crippen LogP contribution in [0.25, 0.3) is 0 Å². The Morgan fingerprint density at radius 1 is 1.03 bits per heavy atom. The molecule has 0 saturated heterocycles. The van der Waals surface area contributed by atoms with E-state index in [0.29, 0.717) is 25.2 Å². The minimum atomic E-state index is -3.76. The van der Waals surface area contributed by atoms with Gasteiger partial charge < -0.3 is 10.6 Å². The summed E-state index contributed by atoms with van der Waals surface area (Å²) in [5.41, 5.74) is 1.92. The highest BCUT2D eigenvalue weighted by atomic mass is 32.2. The summed E-state index contributed by atoms with van der Waals surface area (Å²) < 4.78 is 27.6. The number of rotatable bonds is 8. The normalized spacial score (nSPS) is 13.1. The minimum Gasteiger partial charge on any atom is -0.356 e. The van der Waals surface area contributed by atoms with Gasteiger partial charge in [0.2, 0.25) is 5.91 Å². The Bertz CT molecular complexity index is 1000. The van der Waals surface area contributed by atoms with Gasteiger partial charge in [0.15, 0.2) is 0 Å². The first-order chi connectivity index (χ1) is 13.9. The lowest BCUT2D eigenvalue weighted by Crippen LogP contribution is -2.31. The van der Waals surface area contributed by atoms with E-state index >= 15 is 0 Å². The van der Waals surface area contributed by atoms with Crippen molar-refractivity contribution < 1.29 is 18.0 Å². The van der Waals surface area contributed by atoms with Crippen molar-refractivity contribution in [2.75, 3.05) is 23.9 Å². The summed E-state index contributed by atoms with van der Waals surface area (Å²) in [6.07, 6.45) is 1.69. The van der Waals surface area contributed by atoms with E-state index in [9.17, 15) is 18.0 Å². The minimum absolute atomic E-state index is 0.0718. The van der Waals surface area contributed by atoms with Gasteiger partial charge in [-0.25, -0.2) is 8.42 Å². The molecule has 1 heterocycles. The standard InChI is InChI=1S/C21H25N3O4S/c1-2-12-22-20(25)10-13-23-21(26)17-7-5-8-18(15-17)29(27,28)24-14-11-16-6-3-4-9-19(16)24/h3-9,15H,2,10-14H2,1H3,(H,22,25)(H,23,26). The Balaban J connectivity index is 1.69. The number of anilines is 1. The van der Waals surface area contributed by atoms with E-state index in [1.165, 1.54) is 16.4 Å². The van der Waals surface area contributed by atoms with Gasteiger partial charge in [-0.05, 0) is 42.7 Å². The maximum Gasteiger partial charge on any atom is 0.264 e. The molecule has 1 aliphatic rings. The fraction of sp³-hybridized carbons (Fsp3) is 0.333. The summed E-state index contributed by atoms with van der Waals surface area (Å²) in [6.45, 7) is 3.13. The van der Waals surface area contributed by atoms with E-state index in [1.54, 1.807) is 18.2 Å². The molecular formula is C21H25N3O4S.